The third-order valence-corrected chi connectivity index (χ3v) is 4.74. The van der Waals surface area contributed by atoms with Crippen molar-refractivity contribution in [2.75, 3.05) is 5.94 Å². The first kappa shape index (κ1) is 12.4. The Labute approximate surface area is 96.8 Å². The van der Waals surface area contributed by atoms with E-state index in [0.717, 1.165) is 18.2 Å². The Balaban J connectivity index is 2.54. The number of hydrogen-bond acceptors (Lipinski definition) is 4. The van der Waals surface area contributed by atoms with Crippen LogP contribution in [0.5, 0.6) is 5.75 Å². The van der Waals surface area contributed by atoms with E-state index in [9.17, 15) is 25.8 Å². The van der Waals surface area contributed by atoms with Gasteiger partial charge in [-0.05, 0) is 12.1 Å². The molecule has 0 unspecified atom stereocenters. The number of benzene rings is 1. The first-order chi connectivity index (χ1) is 7.73. The normalized spacial score (nSPS) is 19.8. The molecule has 0 aliphatic carbocycles. The van der Waals surface area contributed by atoms with Crippen molar-refractivity contribution < 1.29 is 30.5 Å². The smallest absolute Gasteiger partial charge is 0.479 e. The van der Waals surface area contributed by atoms with E-state index in [4.69, 9.17) is 4.74 Å². The van der Waals surface area contributed by atoms with Gasteiger partial charge in [-0.15, -0.1) is 0 Å². The topological polar surface area (TPSA) is 60.4 Å². The summed E-state index contributed by atoms with van der Waals surface area (Å²) < 4.78 is 75.0. The second-order valence-electron chi connectivity index (χ2n) is 3.17. The van der Waals surface area contributed by atoms with E-state index in [1.807, 2.05) is 0 Å². The maximum Gasteiger partial charge on any atom is 0.501 e. The van der Waals surface area contributed by atoms with Crippen LogP contribution in [0.4, 0.5) is 13.2 Å². The fraction of sp³-hybridized carbons (Fsp3) is 0.250. The summed E-state index contributed by atoms with van der Waals surface area (Å²) in [6.07, 6.45) is 0. The van der Waals surface area contributed by atoms with Gasteiger partial charge in [-0.2, -0.15) is 13.2 Å². The molecule has 1 atom stereocenters. The molecule has 1 heterocycles. The summed E-state index contributed by atoms with van der Waals surface area (Å²) in [5.74, 6) is -0.265. The highest BCUT2D eigenvalue weighted by Crippen LogP contribution is 2.36. The Morgan fingerprint density at radius 3 is 2.53 bits per heavy atom. The van der Waals surface area contributed by atoms with Crippen LogP contribution in [0.3, 0.4) is 0 Å². The Morgan fingerprint density at radius 2 is 1.94 bits per heavy atom. The molecule has 4 nitrogen and oxygen atoms in total. The fourth-order valence-electron chi connectivity index (χ4n) is 1.27. The van der Waals surface area contributed by atoms with Gasteiger partial charge >= 0.3 is 5.51 Å². The number of ether oxygens (including phenoxy) is 1. The van der Waals surface area contributed by atoms with Crippen molar-refractivity contribution in [3.63, 3.8) is 0 Å². The third kappa shape index (κ3) is 1.93. The molecule has 0 N–H and O–H groups in total. The van der Waals surface area contributed by atoms with E-state index < -0.39 is 31.0 Å². The molecule has 9 heteroatoms. The number of fused-ring (bicyclic) bond motifs is 1. The van der Waals surface area contributed by atoms with Gasteiger partial charge in [0.15, 0.2) is 5.94 Å². The Bertz CT molecular complexity index is 591. The SMILES string of the molecule is O=[S@]1COc2cc(S(=O)(=O)C(F)(F)F)ccc21. The zero-order chi connectivity index (χ0) is 12.8. The van der Waals surface area contributed by atoms with Crippen LogP contribution in [0.1, 0.15) is 0 Å². The predicted molar refractivity (Wildman–Crippen MR) is 51.6 cm³/mol. The van der Waals surface area contributed by atoms with Gasteiger partial charge in [0, 0.05) is 6.07 Å². The Kier molecular flexibility index (Phi) is 2.69. The van der Waals surface area contributed by atoms with Crippen LogP contribution >= 0.6 is 0 Å². The van der Waals surface area contributed by atoms with Crippen LogP contribution in [0, 0.1) is 0 Å². The minimum atomic E-state index is -5.39. The van der Waals surface area contributed by atoms with Crippen LogP contribution < -0.4 is 4.74 Å². The van der Waals surface area contributed by atoms with E-state index in [-0.39, 0.29) is 16.6 Å². The van der Waals surface area contributed by atoms with Gasteiger partial charge in [-0.1, -0.05) is 0 Å². The molecule has 0 radical (unpaired) electrons. The van der Waals surface area contributed by atoms with E-state index in [0.29, 0.717) is 0 Å². The lowest BCUT2D eigenvalue weighted by Crippen LogP contribution is -2.23. The van der Waals surface area contributed by atoms with Crippen LogP contribution in [0.25, 0.3) is 0 Å². The highest BCUT2D eigenvalue weighted by Gasteiger charge is 2.47. The average molecular weight is 286 g/mol. The molecular formula is C8H5F3O4S2. The summed E-state index contributed by atoms with van der Waals surface area (Å²) in [6, 6.07) is 2.58. The molecule has 0 saturated heterocycles. The molecular weight excluding hydrogens is 281 g/mol. The highest BCUT2D eigenvalue weighted by atomic mass is 32.2. The Morgan fingerprint density at radius 1 is 1.29 bits per heavy atom. The first-order valence-electron chi connectivity index (χ1n) is 4.20. The van der Waals surface area contributed by atoms with Crippen LogP contribution in [0.15, 0.2) is 28.0 Å². The van der Waals surface area contributed by atoms with Gasteiger partial charge in [0.05, 0.1) is 20.6 Å². The number of sulfone groups is 1. The number of alkyl halides is 3. The second-order valence-corrected chi connectivity index (χ2v) is 6.47. The fourth-order valence-corrected chi connectivity index (χ4v) is 2.97. The van der Waals surface area contributed by atoms with E-state index in [1.165, 1.54) is 0 Å². The molecule has 1 aliphatic heterocycles. The molecule has 1 aromatic carbocycles. The average Bonchev–Trinajstić information content (AvgIpc) is 2.58. The summed E-state index contributed by atoms with van der Waals surface area (Å²) in [7, 11) is -6.85. The number of rotatable bonds is 1. The molecule has 0 saturated carbocycles. The minimum Gasteiger partial charge on any atom is -0.479 e. The second kappa shape index (κ2) is 3.70. The van der Waals surface area contributed by atoms with Crippen LogP contribution in [0.2, 0.25) is 0 Å². The van der Waals surface area contributed by atoms with Gasteiger partial charge < -0.3 is 4.74 Å². The zero-order valence-electron chi connectivity index (χ0n) is 8.02. The molecule has 0 amide bonds. The van der Waals surface area contributed by atoms with Gasteiger partial charge in [0.2, 0.25) is 0 Å². The lowest BCUT2D eigenvalue weighted by atomic mass is 10.3. The first-order valence-corrected chi connectivity index (χ1v) is 7.00. The van der Waals surface area contributed by atoms with Crippen molar-refractivity contribution in [2.24, 2.45) is 0 Å². The van der Waals surface area contributed by atoms with Crippen molar-refractivity contribution in [2.45, 2.75) is 15.3 Å². The van der Waals surface area contributed by atoms with Crippen molar-refractivity contribution in [3.05, 3.63) is 18.2 Å². The third-order valence-electron chi connectivity index (χ3n) is 2.10. The highest BCUT2D eigenvalue weighted by molar-refractivity contribution is 7.92. The minimum absolute atomic E-state index is 0.0892. The molecule has 17 heavy (non-hydrogen) atoms. The summed E-state index contributed by atoms with van der Waals surface area (Å²) in [5.41, 5.74) is -5.36. The van der Waals surface area contributed by atoms with E-state index >= 15 is 0 Å². The summed E-state index contributed by atoms with van der Waals surface area (Å²) in [5, 5.41) is 0. The van der Waals surface area contributed by atoms with Crippen LogP contribution in [-0.4, -0.2) is 24.1 Å². The van der Waals surface area contributed by atoms with Gasteiger partial charge in [0.1, 0.15) is 5.75 Å². The number of halogens is 3. The Hall–Kier alpha value is -1.09. The lowest BCUT2D eigenvalue weighted by Gasteiger charge is -2.08. The quantitative estimate of drug-likeness (QED) is 0.783. The predicted octanol–water partition coefficient (Wildman–Crippen LogP) is 1.44. The molecule has 94 valence electrons. The molecule has 1 aliphatic rings. The zero-order valence-corrected chi connectivity index (χ0v) is 9.66. The summed E-state index contributed by atoms with van der Waals surface area (Å²) in [6.45, 7) is 0. The molecule has 0 spiro atoms. The largest absolute Gasteiger partial charge is 0.501 e. The van der Waals surface area contributed by atoms with Gasteiger partial charge in [-0.3, -0.25) is 4.21 Å². The molecule has 0 aromatic heterocycles. The summed E-state index contributed by atoms with van der Waals surface area (Å²) >= 11 is 0. The molecule has 0 bridgehead atoms. The molecule has 1 aromatic rings. The monoisotopic (exact) mass is 286 g/mol. The maximum atomic E-state index is 12.3. The molecule has 2 rings (SSSR count). The van der Waals surface area contributed by atoms with E-state index in [1.54, 1.807) is 0 Å². The maximum absolute atomic E-state index is 12.3. The molecule has 0 fully saturated rings. The van der Waals surface area contributed by atoms with Gasteiger partial charge in [0.25, 0.3) is 9.84 Å². The standard InChI is InChI=1S/C8H5F3O4S2/c9-8(10,11)17(13,14)5-1-2-7-6(3-5)15-4-16(7)12/h1-3H,4H2/t16-/m0/s1. The van der Waals surface area contributed by atoms with E-state index in [2.05, 4.69) is 0 Å². The summed E-state index contributed by atoms with van der Waals surface area (Å²) in [4.78, 5) is -0.714. The van der Waals surface area contributed by atoms with Crippen molar-refractivity contribution in [3.8, 4) is 5.75 Å². The van der Waals surface area contributed by atoms with Crippen molar-refractivity contribution in [1.29, 1.82) is 0 Å². The van der Waals surface area contributed by atoms with Crippen molar-refractivity contribution in [1.82, 2.24) is 0 Å². The van der Waals surface area contributed by atoms with Gasteiger partial charge in [-0.25, -0.2) is 8.42 Å². The van der Waals surface area contributed by atoms with Crippen LogP contribution in [-0.2, 0) is 20.6 Å². The lowest BCUT2D eigenvalue weighted by molar-refractivity contribution is -0.0436. The number of hydrogen-bond donors (Lipinski definition) is 0. The van der Waals surface area contributed by atoms with Crippen molar-refractivity contribution >= 4 is 20.6 Å².